The van der Waals surface area contributed by atoms with Crippen LogP contribution in [0.4, 0.5) is 11.4 Å². The maximum Gasteiger partial charge on any atom is 0.229 e. The number of amides is 2. The molecule has 2 aromatic carbocycles. The van der Waals surface area contributed by atoms with E-state index in [1.54, 1.807) is 23.1 Å². The van der Waals surface area contributed by atoms with Crippen LogP contribution in [-0.4, -0.2) is 24.4 Å². The summed E-state index contributed by atoms with van der Waals surface area (Å²) in [5.74, 6) is -0.0735. The highest BCUT2D eigenvalue weighted by Gasteiger charge is 2.30. The van der Waals surface area contributed by atoms with Crippen LogP contribution in [0.1, 0.15) is 25.8 Å². The third kappa shape index (κ3) is 3.69. The van der Waals surface area contributed by atoms with Crippen LogP contribution < -0.4 is 9.80 Å². The van der Waals surface area contributed by atoms with Crippen LogP contribution in [0.5, 0.6) is 0 Å². The molecule has 0 radical (unpaired) electrons. The number of fused-ring (bicyclic) bond motifs is 1. The lowest BCUT2D eigenvalue weighted by Gasteiger charge is -2.26. The zero-order valence-electron chi connectivity index (χ0n) is 14.4. The highest BCUT2D eigenvalue weighted by atomic mass is 35.5. The zero-order chi connectivity index (χ0) is 18.0. The van der Waals surface area contributed by atoms with Gasteiger partial charge in [-0.05, 0) is 43.2 Å². The van der Waals surface area contributed by atoms with Crippen molar-refractivity contribution in [2.24, 2.45) is 0 Å². The molecule has 0 aliphatic carbocycles. The Morgan fingerprint density at radius 2 is 1.96 bits per heavy atom. The van der Waals surface area contributed by atoms with Gasteiger partial charge in [-0.3, -0.25) is 9.59 Å². The van der Waals surface area contributed by atoms with E-state index in [2.05, 4.69) is 13.0 Å². The Morgan fingerprint density at radius 3 is 2.68 bits per heavy atom. The second-order valence-electron chi connectivity index (χ2n) is 6.35. The molecule has 0 fully saturated rings. The summed E-state index contributed by atoms with van der Waals surface area (Å²) in [7, 11) is 0. The third-order valence-corrected chi connectivity index (χ3v) is 4.76. The molecule has 0 N–H and O–H groups in total. The Kier molecular flexibility index (Phi) is 5.09. The normalized spacial score (nSPS) is 15.8. The number of hydrogen-bond acceptors (Lipinski definition) is 2. The fourth-order valence-corrected chi connectivity index (χ4v) is 3.57. The highest BCUT2D eigenvalue weighted by Crippen LogP contribution is 2.32. The van der Waals surface area contributed by atoms with Crippen LogP contribution in [0.3, 0.4) is 0 Å². The number of benzene rings is 2. The Labute approximate surface area is 153 Å². The maximum atomic E-state index is 12.8. The van der Waals surface area contributed by atoms with E-state index in [9.17, 15) is 9.59 Å². The Hall–Kier alpha value is -2.33. The van der Waals surface area contributed by atoms with Crippen LogP contribution in [0.15, 0.2) is 48.5 Å². The van der Waals surface area contributed by atoms with Gasteiger partial charge in [0, 0.05) is 42.3 Å². The predicted octanol–water partition coefficient (Wildman–Crippen LogP) is 4.06. The summed E-state index contributed by atoms with van der Waals surface area (Å²) in [4.78, 5) is 28.3. The fourth-order valence-electron chi connectivity index (χ4n) is 3.39. The van der Waals surface area contributed by atoms with Crippen LogP contribution >= 0.6 is 11.6 Å². The molecule has 130 valence electrons. The molecule has 4 nitrogen and oxygen atoms in total. The van der Waals surface area contributed by atoms with Gasteiger partial charge in [-0.25, -0.2) is 0 Å². The molecule has 1 aliphatic rings. The molecule has 2 aromatic rings. The van der Waals surface area contributed by atoms with E-state index in [1.165, 1.54) is 12.5 Å². The Bertz CT molecular complexity index is 806. The maximum absolute atomic E-state index is 12.8. The third-order valence-electron chi connectivity index (χ3n) is 4.53. The average Bonchev–Trinajstić information content (AvgIpc) is 2.90. The van der Waals surface area contributed by atoms with Gasteiger partial charge in [0.25, 0.3) is 0 Å². The minimum Gasteiger partial charge on any atom is -0.312 e. The number of anilines is 2. The number of rotatable bonds is 4. The monoisotopic (exact) mass is 356 g/mol. The van der Waals surface area contributed by atoms with Crippen LogP contribution in [0.2, 0.25) is 5.02 Å². The number of nitrogens with zero attached hydrogens (tertiary/aromatic N) is 2. The summed E-state index contributed by atoms with van der Waals surface area (Å²) < 4.78 is 0. The first kappa shape index (κ1) is 17.5. The standard InChI is InChI=1S/C20H21ClN2O2/c1-14-12-16-6-3-4-9-19(16)23(14)20(25)10-11-22(15(2)24)18-8-5-7-17(21)13-18/h3-9,13-14H,10-12H2,1-2H3. The summed E-state index contributed by atoms with van der Waals surface area (Å²) in [5.41, 5.74) is 2.89. The van der Waals surface area contributed by atoms with Crippen molar-refractivity contribution >= 4 is 34.8 Å². The number of carbonyl (C=O) groups excluding carboxylic acids is 2. The predicted molar refractivity (Wildman–Crippen MR) is 101 cm³/mol. The number of para-hydroxylation sites is 1. The largest absolute Gasteiger partial charge is 0.312 e. The molecule has 0 saturated carbocycles. The highest BCUT2D eigenvalue weighted by molar-refractivity contribution is 6.30. The van der Waals surface area contributed by atoms with Gasteiger partial charge < -0.3 is 9.80 Å². The molecule has 0 spiro atoms. The molecule has 1 unspecified atom stereocenters. The van der Waals surface area contributed by atoms with Crippen molar-refractivity contribution in [1.82, 2.24) is 0 Å². The molecule has 1 atom stereocenters. The van der Waals surface area contributed by atoms with E-state index < -0.39 is 0 Å². The summed E-state index contributed by atoms with van der Waals surface area (Å²) in [5, 5.41) is 0.567. The van der Waals surface area contributed by atoms with Gasteiger partial charge in [0.1, 0.15) is 0 Å². The molecule has 5 heteroatoms. The van der Waals surface area contributed by atoms with E-state index in [-0.39, 0.29) is 24.3 Å². The molecule has 0 aromatic heterocycles. The van der Waals surface area contributed by atoms with Gasteiger partial charge in [-0.1, -0.05) is 35.9 Å². The lowest BCUT2D eigenvalue weighted by Crippen LogP contribution is -2.39. The van der Waals surface area contributed by atoms with Gasteiger partial charge in [-0.2, -0.15) is 0 Å². The van der Waals surface area contributed by atoms with E-state index in [4.69, 9.17) is 11.6 Å². The van der Waals surface area contributed by atoms with Gasteiger partial charge in [0.05, 0.1) is 0 Å². The summed E-state index contributed by atoms with van der Waals surface area (Å²) in [6.45, 7) is 3.89. The average molecular weight is 357 g/mol. The molecular formula is C20H21ClN2O2. The minimum absolute atomic E-state index is 0.0331. The second kappa shape index (κ2) is 7.28. The zero-order valence-corrected chi connectivity index (χ0v) is 15.2. The SMILES string of the molecule is CC(=O)N(CCC(=O)N1c2ccccc2CC1C)c1cccc(Cl)c1. The van der Waals surface area contributed by atoms with Gasteiger partial charge in [0.15, 0.2) is 0 Å². The number of carbonyl (C=O) groups is 2. The molecular weight excluding hydrogens is 336 g/mol. The summed E-state index contributed by atoms with van der Waals surface area (Å²) in [6, 6.07) is 15.3. The Balaban J connectivity index is 1.73. The second-order valence-corrected chi connectivity index (χ2v) is 6.78. The molecule has 1 heterocycles. The summed E-state index contributed by atoms with van der Waals surface area (Å²) in [6.07, 6.45) is 1.14. The first-order valence-corrected chi connectivity index (χ1v) is 8.79. The van der Waals surface area contributed by atoms with Crippen molar-refractivity contribution in [3.05, 3.63) is 59.1 Å². The Morgan fingerprint density at radius 1 is 1.20 bits per heavy atom. The lowest BCUT2D eigenvalue weighted by molar-refractivity contribution is -0.119. The quantitative estimate of drug-likeness (QED) is 0.828. The van der Waals surface area contributed by atoms with Crippen LogP contribution in [0.25, 0.3) is 0 Å². The van der Waals surface area contributed by atoms with E-state index >= 15 is 0 Å². The smallest absolute Gasteiger partial charge is 0.229 e. The van der Waals surface area contributed by atoms with Gasteiger partial charge in [-0.15, -0.1) is 0 Å². The van der Waals surface area contributed by atoms with E-state index in [0.29, 0.717) is 17.3 Å². The fraction of sp³-hybridized carbons (Fsp3) is 0.300. The summed E-state index contributed by atoms with van der Waals surface area (Å²) >= 11 is 6.02. The molecule has 2 amide bonds. The van der Waals surface area contributed by atoms with Crippen LogP contribution in [-0.2, 0) is 16.0 Å². The molecule has 0 bridgehead atoms. The van der Waals surface area contributed by atoms with Gasteiger partial charge >= 0.3 is 0 Å². The van der Waals surface area contributed by atoms with Crippen molar-refractivity contribution in [2.75, 3.05) is 16.3 Å². The van der Waals surface area contributed by atoms with Crippen molar-refractivity contribution in [2.45, 2.75) is 32.7 Å². The molecule has 1 aliphatic heterocycles. The van der Waals surface area contributed by atoms with Crippen molar-refractivity contribution in [3.63, 3.8) is 0 Å². The van der Waals surface area contributed by atoms with Crippen LogP contribution in [0, 0.1) is 0 Å². The van der Waals surface area contributed by atoms with E-state index in [1.807, 2.05) is 29.2 Å². The molecule has 25 heavy (non-hydrogen) atoms. The number of hydrogen-bond donors (Lipinski definition) is 0. The van der Waals surface area contributed by atoms with Crippen molar-refractivity contribution < 1.29 is 9.59 Å². The van der Waals surface area contributed by atoms with Crippen molar-refractivity contribution in [1.29, 1.82) is 0 Å². The lowest BCUT2D eigenvalue weighted by atomic mass is 10.1. The first-order valence-electron chi connectivity index (χ1n) is 8.41. The first-order chi connectivity index (χ1) is 12.0. The van der Waals surface area contributed by atoms with E-state index in [0.717, 1.165) is 12.1 Å². The number of halogens is 1. The minimum atomic E-state index is -0.107. The molecule has 0 saturated heterocycles. The van der Waals surface area contributed by atoms with Crippen molar-refractivity contribution in [3.8, 4) is 0 Å². The topological polar surface area (TPSA) is 40.6 Å². The molecule has 3 rings (SSSR count). The van der Waals surface area contributed by atoms with Gasteiger partial charge in [0.2, 0.25) is 11.8 Å².